The first kappa shape index (κ1) is 23.3. The third-order valence-corrected chi connectivity index (χ3v) is 5.22. The summed E-state index contributed by atoms with van der Waals surface area (Å²) in [4.78, 5) is 25.4. The van der Waals surface area contributed by atoms with E-state index in [9.17, 15) is 9.59 Å². The summed E-state index contributed by atoms with van der Waals surface area (Å²) < 4.78 is 10.8. The Labute approximate surface area is 190 Å². The highest BCUT2D eigenvalue weighted by molar-refractivity contribution is 6.01. The van der Waals surface area contributed by atoms with Crippen LogP contribution >= 0.6 is 0 Å². The molecule has 4 heteroatoms. The van der Waals surface area contributed by atoms with Crippen molar-refractivity contribution in [3.05, 3.63) is 83.9 Å². The Hall–Kier alpha value is -3.40. The van der Waals surface area contributed by atoms with Crippen molar-refractivity contribution >= 4 is 11.9 Å². The maximum atomic E-state index is 12.9. The Kier molecular flexibility index (Phi) is 8.61. The molecule has 0 saturated heterocycles. The Bertz CT molecular complexity index is 1040. The van der Waals surface area contributed by atoms with Crippen LogP contribution in [0.2, 0.25) is 0 Å². The summed E-state index contributed by atoms with van der Waals surface area (Å²) in [6.45, 7) is 4.80. The average molecular weight is 431 g/mol. The van der Waals surface area contributed by atoms with Gasteiger partial charge in [-0.3, -0.25) is 0 Å². The van der Waals surface area contributed by atoms with Crippen molar-refractivity contribution < 1.29 is 19.1 Å². The molecule has 166 valence electrons. The molecule has 0 aromatic heterocycles. The second kappa shape index (κ2) is 11.8. The smallest absolute Gasteiger partial charge is 0.338 e. The lowest BCUT2D eigenvalue weighted by Gasteiger charge is -2.13. The van der Waals surface area contributed by atoms with E-state index < -0.39 is 11.9 Å². The molecule has 0 aliphatic rings. The van der Waals surface area contributed by atoms with Crippen LogP contribution in [0.3, 0.4) is 0 Å². The molecule has 0 saturated carbocycles. The topological polar surface area (TPSA) is 52.6 Å². The largest absolute Gasteiger partial charge is 0.462 e. The second-order valence-electron chi connectivity index (χ2n) is 7.69. The van der Waals surface area contributed by atoms with Crippen molar-refractivity contribution in [1.82, 2.24) is 0 Å². The summed E-state index contributed by atoms with van der Waals surface area (Å²) in [5.74, 6) is -0.854. The van der Waals surface area contributed by atoms with Gasteiger partial charge in [0.15, 0.2) is 0 Å². The van der Waals surface area contributed by atoms with Gasteiger partial charge in [-0.05, 0) is 53.3 Å². The molecule has 0 N–H and O–H groups in total. The van der Waals surface area contributed by atoms with Gasteiger partial charge in [0, 0.05) is 0 Å². The molecule has 0 spiro atoms. The van der Waals surface area contributed by atoms with E-state index in [0.717, 1.165) is 47.9 Å². The van der Waals surface area contributed by atoms with Gasteiger partial charge in [-0.25, -0.2) is 9.59 Å². The Morgan fingerprint density at radius 1 is 0.656 bits per heavy atom. The van der Waals surface area contributed by atoms with Crippen LogP contribution in [0.25, 0.3) is 22.3 Å². The van der Waals surface area contributed by atoms with Gasteiger partial charge < -0.3 is 9.47 Å². The predicted molar refractivity (Wildman–Crippen MR) is 128 cm³/mol. The Morgan fingerprint density at radius 3 is 1.97 bits per heavy atom. The summed E-state index contributed by atoms with van der Waals surface area (Å²) in [5, 5.41) is 0. The number of ether oxygens (including phenoxy) is 2. The normalized spacial score (nSPS) is 10.6. The standard InChI is InChI=1S/C28H30O4/c1-3-5-17-31-27(29)24-15-16-25(26(20-24)28(30)32-18-6-4-2)23-14-10-13-22(19-23)21-11-8-7-9-12-21/h7-16,19-20H,3-6,17-18H2,1-2H3. The van der Waals surface area contributed by atoms with Crippen LogP contribution in [-0.2, 0) is 9.47 Å². The van der Waals surface area contributed by atoms with Crippen molar-refractivity contribution in [3.63, 3.8) is 0 Å². The summed E-state index contributed by atoms with van der Waals surface area (Å²) in [6, 6.07) is 23.2. The lowest BCUT2D eigenvalue weighted by atomic mass is 9.94. The van der Waals surface area contributed by atoms with Gasteiger partial charge in [-0.2, -0.15) is 0 Å². The number of carbonyl (C=O) groups is 2. The van der Waals surface area contributed by atoms with Crippen LogP contribution in [0.15, 0.2) is 72.8 Å². The quantitative estimate of drug-likeness (QED) is 0.258. The van der Waals surface area contributed by atoms with E-state index in [1.54, 1.807) is 18.2 Å². The highest BCUT2D eigenvalue weighted by atomic mass is 16.5. The monoisotopic (exact) mass is 430 g/mol. The molecular formula is C28H30O4. The van der Waals surface area contributed by atoms with Gasteiger partial charge in [0.2, 0.25) is 0 Å². The van der Waals surface area contributed by atoms with E-state index in [1.807, 2.05) is 56.3 Å². The Balaban J connectivity index is 1.97. The van der Waals surface area contributed by atoms with Crippen molar-refractivity contribution in [1.29, 1.82) is 0 Å². The van der Waals surface area contributed by atoms with Gasteiger partial charge >= 0.3 is 11.9 Å². The van der Waals surface area contributed by atoms with Crippen molar-refractivity contribution in [2.24, 2.45) is 0 Å². The highest BCUT2D eigenvalue weighted by Gasteiger charge is 2.18. The molecule has 0 unspecified atom stereocenters. The Morgan fingerprint density at radius 2 is 1.28 bits per heavy atom. The van der Waals surface area contributed by atoms with Crippen LogP contribution in [-0.4, -0.2) is 25.2 Å². The molecule has 0 atom stereocenters. The molecule has 4 nitrogen and oxygen atoms in total. The first-order valence-corrected chi connectivity index (χ1v) is 11.3. The molecule has 0 aliphatic carbocycles. The predicted octanol–water partition coefficient (Wildman–Crippen LogP) is 6.93. The van der Waals surface area contributed by atoms with Gasteiger partial charge in [0.05, 0.1) is 24.3 Å². The first-order valence-electron chi connectivity index (χ1n) is 11.3. The number of hydrogen-bond acceptors (Lipinski definition) is 4. The summed E-state index contributed by atoms with van der Waals surface area (Å²) in [5.41, 5.74) is 4.49. The van der Waals surface area contributed by atoms with Crippen LogP contribution in [0.1, 0.15) is 60.2 Å². The minimum absolute atomic E-state index is 0.351. The molecule has 3 rings (SSSR count). The molecule has 32 heavy (non-hydrogen) atoms. The SMILES string of the molecule is CCCCOC(=O)c1ccc(-c2cccc(-c3ccccc3)c2)c(C(=O)OCCCC)c1. The fourth-order valence-electron chi connectivity index (χ4n) is 3.37. The molecule has 0 heterocycles. The van der Waals surface area contributed by atoms with Crippen LogP contribution < -0.4 is 0 Å². The average Bonchev–Trinajstić information content (AvgIpc) is 2.84. The molecule has 0 amide bonds. The molecule has 3 aromatic carbocycles. The molecule has 0 radical (unpaired) electrons. The fraction of sp³-hybridized carbons (Fsp3) is 0.286. The lowest BCUT2D eigenvalue weighted by Crippen LogP contribution is -2.11. The number of rotatable bonds is 10. The maximum Gasteiger partial charge on any atom is 0.338 e. The zero-order valence-electron chi connectivity index (χ0n) is 18.8. The maximum absolute atomic E-state index is 12.9. The van der Waals surface area contributed by atoms with Crippen molar-refractivity contribution in [3.8, 4) is 22.3 Å². The minimum Gasteiger partial charge on any atom is -0.462 e. The van der Waals surface area contributed by atoms with Gasteiger partial charge in [0.1, 0.15) is 0 Å². The summed E-state index contributed by atoms with van der Waals surface area (Å²) in [6.07, 6.45) is 3.48. The summed E-state index contributed by atoms with van der Waals surface area (Å²) >= 11 is 0. The third-order valence-electron chi connectivity index (χ3n) is 5.22. The first-order chi connectivity index (χ1) is 15.6. The molecule has 3 aromatic rings. The van der Waals surface area contributed by atoms with Crippen molar-refractivity contribution in [2.45, 2.75) is 39.5 Å². The van der Waals surface area contributed by atoms with E-state index in [-0.39, 0.29) is 0 Å². The highest BCUT2D eigenvalue weighted by Crippen LogP contribution is 2.30. The lowest BCUT2D eigenvalue weighted by molar-refractivity contribution is 0.0499. The second-order valence-corrected chi connectivity index (χ2v) is 7.69. The molecule has 0 bridgehead atoms. The van der Waals surface area contributed by atoms with Crippen LogP contribution in [0, 0.1) is 0 Å². The molecule has 0 aliphatic heterocycles. The van der Waals surface area contributed by atoms with E-state index in [2.05, 4.69) is 12.1 Å². The minimum atomic E-state index is -0.429. The molecular weight excluding hydrogens is 400 g/mol. The number of unbranched alkanes of at least 4 members (excludes halogenated alkanes) is 2. The van der Waals surface area contributed by atoms with Crippen LogP contribution in [0.5, 0.6) is 0 Å². The van der Waals surface area contributed by atoms with Crippen molar-refractivity contribution in [2.75, 3.05) is 13.2 Å². The van der Waals surface area contributed by atoms with E-state index in [1.165, 1.54) is 0 Å². The third kappa shape index (κ3) is 6.07. The number of benzene rings is 3. The van der Waals surface area contributed by atoms with Gasteiger partial charge in [-0.15, -0.1) is 0 Å². The summed E-state index contributed by atoms with van der Waals surface area (Å²) in [7, 11) is 0. The van der Waals surface area contributed by atoms with E-state index in [0.29, 0.717) is 24.3 Å². The zero-order valence-corrected chi connectivity index (χ0v) is 18.8. The fourth-order valence-corrected chi connectivity index (χ4v) is 3.37. The van der Waals surface area contributed by atoms with Crippen LogP contribution in [0.4, 0.5) is 0 Å². The molecule has 0 fully saturated rings. The number of hydrogen-bond donors (Lipinski definition) is 0. The number of esters is 2. The number of carbonyl (C=O) groups excluding carboxylic acids is 2. The zero-order chi connectivity index (χ0) is 22.8. The van der Waals surface area contributed by atoms with Gasteiger partial charge in [0.25, 0.3) is 0 Å². The van der Waals surface area contributed by atoms with Gasteiger partial charge in [-0.1, -0.05) is 81.3 Å². The van der Waals surface area contributed by atoms with E-state index in [4.69, 9.17) is 9.47 Å². The van der Waals surface area contributed by atoms with E-state index >= 15 is 0 Å².